The van der Waals surface area contributed by atoms with Gasteiger partial charge >= 0.3 is 0 Å². The molecule has 102 valence electrons. The molecule has 0 saturated carbocycles. The highest BCUT2D eigenvalue weighted by atomic mass is 15.3. The molecule has 0 atom stereocenters. The summed E-state index contributed by atoms with van der Waals surface area (Å²) in [5.41, 5.74) is 10.7. The minimum Gasteiger partial charge on any atom is -0.330 e. The van der Waals surface area contributed by atoms with Crippen molar-refractivity contribution in [2.75, 3.05) is 6.54 Å². The molecule has 1 aromatic carbocycles. The van der Waals surface area contributed by atoms with Crippen LogP contribution in [-0.4, -0.2) is 16.3 Å². The highest BCUT2D eigenvalue weighted by Crippen LogP contribution is 2.19. The van der Waals surface area contributed by atoms with Crippen molar-refractivity contribution in [3.05, 3.63) is 47.3 Å². The molecule has 2 N–H and O–H groups in total. The van der Waals surface area contributed by atoms with Gasteiger partial charge in [0.1, 0.15) is 0 Å². The predicted molar refractivity (Wildman–Crippen MR) is 79.8 cm³/mol. The van der Waals surface area contributed by atoms with E-state index in [-0.39, 0.29) is 0 Å². The number of hydrogen-bond acceptors (Lipinski definition) is 2. The fourth-order valence-electron chi connectivity index (χ4n) is 2.37. The molecule has 3 nitrogen and oxygen atoms in total. The molecule has 0 aliphatic rings. The van der Waals surface area contributed by atoms with Crippen molar-refractivity contribution < 1.29 is 0 Å². The molecule has 1 aromatic heterocycles. The quantitative estimate of drug-likeness (QED) is 0.894. The first-order chi connectivity index (χ1) is 9.17. The Balaban J connectivity index is 2.35. The zero-order chi connectivity index (χ0) is 13.8. The van der Waals surface area contributed by atoms with Gasteiger partial charge in [-0.05, 0) is 48.6 Å². The Morgan fingerprint density at radius 2 is 1.89 bits per heavy atom. The summed E-state index contributed by atoms with van der Waals surface area (Å²) in [6.07, 6.45) is 3.82. The molecule has 0 bridgehead atoms. The van der Waals surface area contributed by atoms with Crippen molar-refractivity contribution in [2.24, 2.45) is 5.73 Å². The Labute approximate surface area is 115 Å². The maximum absolute atomic E-state index is 5.65. The minimum atomic E-state index is 0.560. The number of benzene rings is 1. The van der Waals surface area contributed by atoms with Gasteiger partial charge in [-0.25, -0.2) is 4.68 Å². The standard InChI is InChI=1S/C16H23N3/c1-4-16-14(9-10-17)11-18-19(16)15-7-5-13(6-8-15)12(2)3/h5-8,11-12H,4,9-10,17H2,1-3H3. The molecule has 0 aliphatic heterocycles. The Bertz CT molecular complexity index is 523. The van der Waals surface area contributed by atoms with Crippen molar-refractivity contribution in [1.29, 1.82) is 0 Å². The first-order valence-corrected chi connectivity index (χ1v) is 7.03. The van der Waals surface area contributed by atoms with E-state index >= 15 is 0 Å². The molecule has 19 heavy (non-hydrogen) atoms. The van der Waals surface area contributed by atoms with Gasteiger partial charge in [0.15, 0.2) is 0 Å². The molecule has 2 rings (SSSR count). The monoisotopic (exact) mass is 257 g/mol. The summed E-state index contributed by atoms with van der Waals surface area (Å²) in [7, 11) is 0. The molecule has 2 aromatic rings. The second-order valence-electron chi connectivity index (χ2n) is 5.17. The van der Waals surface area contributed by atoms with Gasteiger partial charge in [-0.3, -0.25) is 0 Å². The fraction of sp³-hybridized carbons (Fsp3) is 0.438. The van der Waals surface area contributed by atoms with Crippen LogP contribution in [0.1, 0.15) is 43.5 Å². The highest BCUT2D eigenvalue weighted by Gasteiger charge is 2.10. The molecule has 3 heteroatoms. The smallest absolute Gasteiger partial charge is 0.0649 e. The molecule has 0 radical (unpaired) electrons. The third-order valence-electron chi connectivity index (χ3n) is 3.51. The zero-order valence-corrected chi connectivity index (χ0v) is 12.1. The lowest BCUT2D eigenvalue weighted by Crippen LogP contribution is -2.06. The van der Waals surface area contributed by atoms with E-state index in [9.17, 15) is 0 Å². The van der Waals surface area contributed by atoms with Crippen LogP contribution in [0.5, 0.6) is 0 Å². The predicted octanol–water partition coefficient (Wildman–Crippen LogP) is 3.06. The Morgan fingerprint density at radius 3 is 2.42 bits per heavy atom. The Kier molecular flexibility index (Phi) is 4.38. The number of nitrogens with zero attached hydrogens (tertiary/aromatic N) is 2. The maximum atomic E-state index is 5.65. The van der Waals surface area contributed by atoms with Gasteiger partial charge in [-0.1, -0.05) is 32.9 Å². The lowest BCUT2D eigenvalue weighted by Gasteiger charge is -2.10. The highest BCUT2D eigenvalue weighted by molar-refractivity contribution is 5.38. The summed E-state index contributed by atoms with van der Waals surface area (Å²) < 4.78 is 2.04. The molecular formula is C16H23N3. The topological polar surface area (TPSA) is 43.8 Å². The molecule has 0 fully saturated rings. The lowest BCUT2D eigenvalue weighted by atomic mass is 10.0. The molecule has 1 heterocycles. The van der Waals surface area contributed by atoms with Crippen LogP contribution in [-0.2, 0) is 12.8 Å². The van der Waals surface area contributed by atoms with Gasteiger partial charge in [0.2, 0.25) is 0 Å². The van der Waals surface area contributed by atoms with Gasteiger partial charge in [-0.2, -0.15) is 5.10 Å². The summed E-state index contributed by atoms with van der Waals surface area (Å²) in [6, 6.07) is 8.66. The van der Waals surface area contributed by atoms with Crippen molar-refractivity contribution in [3.63, 3.8) is 0 Å². The van der Waals surface area contributed by atoms with Crippen molar-refractivity contribution in [2.45, 2.75) is 39.5 Å². The van der Waals surface area contributed by atoms with Crippen LogP contribution in [0.15, 0.2) is 30.5 Å². The van der Waals surface area contributed by atoms with Crippen LogP contribution >= 0.6 is 0 Å². The average Bonchev–Trinajstić information content (AvgIpc) is 2.82. The summed E-state index contributed by atoms with van der Waals surface area (Å²) in [5, 5.41) is 4.51. The molecule has 0 unspecified atom stereocenters. The van der Waals surface area contributed by atoms with Crippen LogP contribution < -0.4 is 5.73 Å². The second-order valence-corrected chi connectivity index (χ2v) is 5.17. The SMILES string of the molecule is CCc1c(CCN)cnn1-c1ccc(C(C)C)cc1. The van der Waals surface area contributed by atoms with E-state index in [1.54, 1.807) is 0 Å². The van der Waals surface area contributed by atoms with Crippen molar-refractivity contribution in [1.82, 2.24) is 9.78 Å². The molecular weight excluding hydrogens is 234 g/mol. The first-order valence-electron chi connectivity index (χ1n) is 7.03. The van der Waals surface area contributed by atoms with Crippen molar-refractivity contribution in [3.8, 4) is 5.69 Å². The third kappa shape index (κ3) is 2.87. The van der Waals surface area contributed by atoms with E-state index in [0.717, 1.165) is 18.5 Å². The zero-order valence-electron chi connectivity index (χ0n) is 12.1. The molecule has 0 saturated heterocycles. The van der Waals surface area contributed by atoms with Crippen LogP contribution in [0.4, 0.5) is 0 Å². The van der Waals surface area contributed by atoms with Crippen LogP contribution in [0.25, 0.3) is 5.69 Å². The minimum absolute atomic E-state index is 0.560. The van der Waals surface area contributed by atoms with Gasteiger partial charge in [0.25, 0.3) is 0 Å². The van der Waals surface area contributed by atoms with E-state index in [1.165, 1.54) is 16.8 Å². The summed E-state index contributed by atoms with van der Waals surface area (Å²) in [4.78, 5) is 0. The van der Waals surface area contributed by atoms with E-state index in [2.05, 4.69) is 50.1 Å². The first kappa shape index (κ1) is 13.8. The summed E-state index contributed by atoms with van der Waals surface area (Å²) >= 11 is 0. The van der Waals surface area contributed by atoms with Gasteiger partial charge in [-0.15, -0.1) is 0 Å². The van der Waals surface area contributed by atoms with Gasteiger partial charge < -0.3 is 5.73 Å². The molecule has 0 amide bonds. The normalized spacial score (nSPS) is 11.2. The van der Waals surface area contributed by atoms with Gasteiger partial charge in [0.05, 0.1) is 11.9 Å². The van der Waals surface area contributed by atoms with E-state index in [0.29, 0.717) is 12.5 Å². The van der Waals surface area contributed by atoms with E-state index in [4.69, 9.17) is 5.73 Å². The van der Waals surface area contributed by atoms with Gasteiger partial charge in [0, 0.05) is 5.69 Å². The lowest BCUT2D eigenvalue weighted by molar-refractivity contribution is 0.802. The maximum Gasteiger partial charge on any atom is 0.0649 e. The molecule has 0 aliphatic carbocycles. The number of aromatic nitrogens is 2. The largest absolute Gasteiger partial charge is 0.330 e. The summed E-state index contributed by atoms with van der Waals surface area (Å²) in [5.74, 6) is 0.560. The fourth-order valence-corrected chi connectivity index (χ4v) is 2.37. The number of hydrogen-bond donors (Lipinski definition) is 1. The summed E-state index contributed by atoms with van der Waals surface area (Å²) in [6.45, 7) is 7.25. The Morgan fingerprint density at radius 1 is 1.21 bits per heavy atom. The third-order valence-corrected chi connectivity index (χ3v) is 3.51. The van der Waals surface area contributed by atoms with E-state index in [1.807, 2.05) is 10.9 Å². The number of rotatable bonds is 5. The van der Waals surface area contributed by atoms with Crippen LogP contribution in [0.2, 0.25) is 0 Å². The second kappa shape index (κ2) is 6.02. The van der Waals surface area contributed by atoms with Crippen LogP contribution in [0.3, 0.4) is 0 Å². The van der Waals surface area contributed by atoms with Crippen molar-refractivity contribution >= 4 is 0 Å². The Hall–Kier alpha value is -1.61. The van der Waals surface area contributed by atoms with E-state index < -0.39 is 0 Å². The average molecular weight is 257 g/mol. The van der Waals surface area contributed by atoms with Crippen LogP contribution in [0, 0.1) is 0 Å². The molecule has 0 spiro atoms. The number of nitrogens with two attached hydrogens (primary N) is 1.